The Kier molecular flexibility index (Phi) is 4.94. The van der Waals surface area contributed by atoms with E-state index in [4.69, 9.17) is 4.42 Å². The van der Waals surface area contributed by atoms with Gasteiger partial charge in [0.1, 0.15) is 0 Å². The fraction of sp³-hybridized carbons (Fsp3) is 0.278. The third kappa shape index (κ3) is 3.72. The van der Waals surface area contributed by atoms with E-state index in [2.05, 4.69) is 20.5 Å². The van der Waals surface area contributed by atoms with Gasteiger partial charge in [0.15, 0.2) is 15.1 Å². The van der Waals surface area contributed by atoms with Crippen LogP contribution in [0.25, 0.3) is 4.96 Å². The number of nitrogens with zero attached hydrogens (tertiary/aromatic N) is 4. The molecule has 4 aromatic heterocycles. The SMILES string of the molecule is O=C(Nc1nnc(SCc2cc(=O)n3c4c(sc3n2)CCCC4)s1)c1ccco1. The number of carbonyl (C=O) groups is 1. The van der Waals surface area contributed by atoms with Gasteiger partial charge in [-0.15, -0.1) is 21.5 Å². The van der Waals surface area contributed by atoms with Gasteiger partial charge in [-0.05, 0) is 37.8 Å². The summed E-state index contributed by atoms with van der Waals surface area (Å²) in [4.78, 5) is 31.3. The summed E-state index contributed by atoms with van der Waals surface area (Å²) < 4.78 is 7.51. The number of fused-ring (bicyclic) bond motifs is 3. The van der Waals surface area contributed by atoms with Crippen molar-refractivity contribution in [3.05, 3.63) is 56.8 Å². The molecular formula is C18H15N5O3S3. The van der Waals surface area contributed by atoms with E-state index in [1.165, 1.54) is 40.7 Å². The summed E-state index contributed by atoms with van der Waals surface area (Å²) in [5.41, 5.74) is 1.83. The Labute approximate surface area is 177 Å². The number of amides is 1. The van der Waals surface area contributed by atoms with Crippen molar-refractivity contribution in [1.82, 2.24) is 19.6 Å². The Bertz CT molecular complexity index is 1240. The number of furan rings is 1. The molecule has 0 spiro atoms. The lowest BCUT2D eigenvalue weighted by Crippen LogP contribution is -2.17. The second-order valence-electron chi connectivity index (χ2n) is 6.48. The van der Waals surface area contributed by atoms with Crippen molar-refractivity contribution >= 4 is 50.4 Å². The van der Waals surface area contributed by atoms with E-state index in [0.717, 1.165) is 35.6 Å². The van der Waals surface area contributed by atoms with Crippen molar-refractivity contribution in [2.75, 3.05) is 5.32 Å². The largest absolute Gasteiger partial charge is 0.459 e. The number of anilines is 1. The predicted octanol–water partition coefficient (Wildman–Crippen LogP) is 3.62. The van der Waals surface area contributed by atoms with E-state index in [-0.39, 0.29) is 17.2 Å². The van der Waals surface area contributed by atoms with Gasteiger partial charge >= 0.3 is 0 Å². The molecule has 1 N–H and O–H groups in total. The molecule has 0 fully saturated rings. The quantitative estimate of drug-likeness (QED) is 0.370. The van der Waals surface area contributed by atoms with Crippen LogP contribution >= 0.6 is 34.4 Å². The van der Waals surface area contributed by atoms with Gasteiger partial charge in [-0.25, -0.2) is 4.98 Å². The van der Waals surface area contributed by atoms with E-state index in [1.807, 2.05) is 0 Å². The monoisotopic (exact) mass is 445 g/mol. The standard InChI is InChI=1S/C18H15N5O3S3/c24-14-8-10(19-17-23(14)11-4-1-2-6-13(11)28-17)9-27-18-22-21-16(29-18)20-15(25)12-5-3-7-26-12/h3,5,7-8H,1-2,4,6,9H2,(H,20,21,25). The molecule has 0 saturated carbocycles. The molecule has 0 bridgehead atoms. The minimum Gasteiger partial charge on any atom is -0.459 e. The molecule has 1 aliphatic rings. The second-order valence-corrected chi connectivity index (χ2v) is 9.74. The fourth-order valence-electron chi connectivity index (χ4n) is 3.24. The van der Waals surface area contributed by atoms with Crippen LogP contribution in [-0.4, -0.2) is 25.5 Å². The van der Waals surface area contributed by atoms with Gasteiger partial charge in [-0.1, -0.05) is 23.1 Å². The summed E-state index contributed by atoms with van der Waals surface area (Å²) in [6.45, 7) is 0. The Morgan fingerprint density at radius 3 is 3.03 bits per heavy atom. The number of rotatable bonds is 5. The summed E-state index contributed by atoms with van der Waals surface area (Å²) in [5.74, 6) is 0.352. The average Bonchev–Trinajstić information content (AvgIpc) is 3.45. The number of hydrogen-bond acceptors (Lipinski definition) is 9. The molecule has 148 valence electrons. The van der Waals surface area contributed by atoms with Gasteiger partial charge in [0.2, 0.25) is 5.13 Å². The molecule has 0 unspecified atom stereocenters. The van der Waals surface area contributed by atoms with E-state index >= 15 is 0 Å². The Hall–Kier alpha value is -2.50. The molecule has 5 rings (SSSR count). The molecule has 0 aliphatic heterocycles. The first kappa shape index (κ1) is 18.5. The highest BCUT2D eigenvalue weighted by atomic mass is 32.2. The zero-order valence-electron chi connectivity index (χ0n) is 15.1. The number of nitrogens with one attached hydrogen (secondary N) is 1. The summed E-state index contributed by atoms with van der Waals surface area (Å²) >= 11 is 4.32. The molecule has 8 nitrogen and oxygen atoms in total. The van der Waals surface area contributed by atoms with Crippen molar-refractivity contribution in [1.29, 1.82) is 0 Å². The lowest BCUT2D eigenvalue weighted by Gasteiger charge is -2.09. The summed E-state index contributed by atoms with van der Waals surface area (Å²) in [6, 6.07) is 4.82. The highest BCUT2D eigenvalue weighted by molar-refractivity contribution is 8.00. The van der Waals surface area contributed by atoms with Crippen LogP contribution in [0.4, 0.5) is 5.13 Å². The van der Waals surface area contributed by atoms with Crippen LogP contribution in [0.1, 0.15) is 39.7 Å². The van der Waals surface area contributed by atoms with Crippen LogP contribution in [-0.2, 0) is 18.6 Å². The van der Waals surface area contributed by atoms with Gasteiger partial charge in [-0.2, -0.15) is 0 Å². The van der Waals surface area contributed by atoms with Crippen molar-refractivity contribution in [2.45, 2.75) is 35.8 Å². The molecule has 4 aromatic rings. The average molecular weight is 446 g/mol. The fourth-order valence-corrected chi connectivity index (χ4v) is 6.11. The van der Waals surface area contributed by atoms with Crippen LogP contribution < -0.4 is 10.9 Å². The number of thioether (sulfide) groups is 1. The maximum atomic E-state index is 12.6. The maximum absolute atomic E-state index is 12.6. The highest BCUT2D eigenvalue weighted by Crippen LogP contribution is 2.30. The van der Waals surface area contributed by atoms with Crippen molar-refractivity contribution in [3.63, 3.8) is 0 Å². The van der Waals surface area contributed by atoms with Crippen molar-refractivity contribution in [3.8, 4) is 0 Å². The van der Waals surface area contributed by atoms with Gasteiger partial charge in [0.05, 0.1) is 12.0 Å². The number of aromatic nitrogens is 4. The van der Waals surface area contributed by atoms with Crippen molar-refractivity contribution in [2.24, 2.45) is 0 Å². The summed E-state index contributed by atoms with van der Waals surface area (Å²) in [5, 5.41) is 11.1. The smallest absolute Gasteiger partial charge is 0.293 e. The first-order chi connectivity index (χ1) is 14.2. The number of aryl methyl sites for hydroxylation is 2. The van der Waals surface area contributed by atoms with E-state index in [9.17, 15) is 9.59 Å². The predicted molar refractivity (Wildman–Crippen MR) is 112 cm³/mol. The molecular weight excluding hydrogens is 430 g/mol. The molecule has 4 heterocycles. The van der Waals surface area contributed by atoms with Crippen LogP contribution in [0.2, 0.25) is 0 Å². The lowest BCUT2D eigenvalue weighted by molar-refractivity contribution is 0.0996. The third-order valence-corrected chi connectivity index (χ3v) is 7.68. The minimum absolute atomic E-state index is 0.0198. The molecule has 0 aromatic carbocycles. The number of hydrogen-bond donors (Lipinski definition) is 1. The zero-order chi connectivity index (χ0) is 19.8. The van der Waals surface area contributed by atoms with Gasteiger partial charge in [0.25, 0.3) is 11.5 Å². The van der Waals surface area contributed by atoms with Crippen LogP contribution in [0.3, 0.4) is 0 Å². The first-order valence-electron chi connectivity index (χ1n) is 9.02. The zero-order valence-corrected chi connectivity index (χ0v) is 17.5. The summed E-state index contributed by atoms with van der Waals surface area (Å²) in [7, 11) is 0. The van der Waals surface area contributed by atoms with E-state index in [0.29, 0.717) is 15.2 Å². The Balaban J connectivity index is 1.29. The molecule has 29 heavy (non-hydrogen) atoms. The molecule has 0 atom stereocenters. The van der Waals surface area contributed by atoms with Gasteiger partial charge in [0, 0.05) is 22.4 Å². The maximum Gasteiger partial charge on any atom is 0.293 e. The first-order valence-corrected chi connectivity index (χ1v) is 11.6. The number of thiazole rings is 1. The van der Waals surface area contributed by atoms with E-state index < -0.39 is 0 Å². The van der Waals surface area contributed by atoms with Crippen LogP contribution in [0.15, 0.2) is 38.0 Å². The second kappa shape index (κ2) is 7.73. The molecule has 11 heteroatoms. The van der Waals surface area contributed by atoms with Gasteiger partial charge < -0.3 is 4.42 Å². The molecule has 0 radical (unpaired) electrons. The normalized spacial score (nSPS) is 13.5. The Morgan fingerprint density at radius 1 is 1.28 bits per heavy atom. The van der Waals surface area contributed by atoms with Crippen LogP contribution in [0.5, 0.6) is 0 Å². The van der Waals surface area contributed by atoms with E-state index in [1.54, 1.807) is 33.9 Å². The van der Waals surface area contributed by atoms with Crippen molar-refractivity contribution < 1.29 is 9.21 Å². The summed E-state index contributed by atoms with van der Waals surface area (Å²) in [6.07, 6.45) is 5.71. The lowest BCUT2D eigenvalue weighted by atomic mass is 10.0. The van der Waals surface area contributed by atoms with Gasteiger partial charge in [-0.3, -0.25) is 19.3 Å². The highest BCUT2D eigenvalue weighted by Gasteiger charge is 2.19. The van der Waals surface area contributed by atoms with Crippen LogP contribution in [0, 0.1) is 0 Å². The molecule has 1 aliphatic carbocycles. The topological polar surface area (TPSA) is 102 Å². The Morgan fingerprint density at radius 2 is 2.17 bits per heavy atom. The molecule has 0 saturated heterocycles. The molecule has 1 amide bonds. The minimum atomic E-state index is -0.371. The third-order valence-electron chi connectivity index (χ3n) is 4.53. The number of carbonyl (C=O) groups excluding carboxylic acids is 1.